The van der Waals surface area contributed by atoms with Gasteiger partial charge in [-0.3, -0.25) is 48.2 Å². The van der Waals surface area contributed by atoms with Gasteiger partial charge in [0.05, 0.1) is 11.4 Å². The summed E-state index contributed by atoms with van der Waals surface area (Å²) in [5.74, 6) is -3.32. The average Bonchev–Trinajstić information content (AvgIpc) is 0.706. The Bertz CT molecular complexity index is 4430. The maximum absolute atomic E-state index is 15.1. The Hall–Kier alpha value is -9.42. The number of imide groups is 4. The van der Waals surface area contributed by atoms with Crippen molar-refractivity contribution in [2.24, 2.45) is 0 Å². The summed E-state index contributed by atoms with van der Waals surface area (Å²) in [4.78, 5) is 125. The van der Waals surface area contributed by atoms with Crippen molar-refractivity contribution in [3.8, 4) is 0 Å². The highest BCUT2D eigenvalue weighted by molar-refractivity contribution is 6.46. The van der Waals surface area contributed by atoms with E-state index in [2.05, 4.69) is 27.7 Å². The van der Waals surface area contributed by atoms with E-state index in [4.69, 9.17) is 0 Å². The molecule has 12 heteroatoms. The fourth-order valence-corrected chi connectivity index (χ4v) is 16.5. The fourth-order valence-electron chi connectivity index (χ4n) is 16.5. The van der Waals surface area contributed by atoms with E-state index in [1.54, 1.807) is 52.3 Å². The van der Waals surface area contributed by atoms with E-state index in [-0.39, 0.29) is 47.1 Å². The number of amides is 8. The zero-order chi connectivity index (χ0) is 63.4. The van der Waals surface area contributed by atoms with Gasteiger partial charge in [-0.25, -0.2) is 9.80 Å². The van der Waals surface area contributed by atoms with Crippen LogP contribution in [0.3, 0.4) is 0 Å². The third-order valence-electron chi connectivity index (χ3n) is 21.0. The smallest absolute Gasteiger partial charge is 0.265 e. The molecular formula is C80H74N4O8. The van der Waals surface area contributed by atoms with Gasteiger partial charge in [-0.1, -0.05) is 185 Å². The van der Waals surface area contributed by atoms with E-state index in [1.165, 1.54) is 6.07 Å². The quantitative estimate of drug-likeness (QED) is 0.0251. The lowest BCUT2D eigenvalue weighted by molar-refractivity contribution is 0.0501. The number of benzene rings is 11. The number of fused-ring (bicyclic) bond motifs is 4. The third kappa shape index (κ3) is 8.82. The monoisotopic (exact) mass is 1220 g/mol. The van der Waals surface area contributed by atoms with Gasteiger partial charge in [-0.15, -0.1) is 0 Å². The van der Waals surface area contributed by atoms with E-state index >= 15 is 19.2 Å². The lowest BCUT2D eigenvalue weighted by Crippen LogP contribution is -2.47. The first-order chi connectivity index (χ1) is 44.9. The topological polar surface area (TPSA) is 150 Å². The van der Waals surface area contributed by atoms with Crippen LogP contribution < -0.4 is 9.80 Å². The van der Waals surface area contributed by atoms with Gasteiger partial charge in [0.15, 0.2) is 0 Å². The van der Waals surface area contributed by atoms with Crippen molar-refractivity contribution in [2.45, 2.75) is 168 Å². The van der Waals surface area contributed by atoms with Crippen molar-refractivity contribution < 1.29 is 38.4 Å². The van der Waals surface area contributed by atoms with Crippen LogP contribution in [0, 0.1) is 0 Å². The van der Waals surface area contributed by atoms with Crippen LogP contribution in [0.15, 0.2) is 121 Å². The number of hydrogen-bond donors (Lipinski definition) is 0. The van der Waals surface area contributed by atoms with Crippen LogP contribution in [0.5, 0.6) is 0 Å². The molecule has 92 heavy (non-hydrogen) atoms. The van der Waals surface area contributed by atoms with E-state index in [0.29, 0.717) is 66.1 Å². The van der Waals surface area contributed by atoms with Crippen LogP contribution in [0.2, 0.25) is 0 Å². The number of hydrogen-bond acceptors (Lipinski definition) is 8. The van der Waals surface area contributed by atoms with E-state index in [9.17, 15) is 19.2 Å². The largest absolute Gasteiger partial charge is 0.271 e. The van der Waals surface area contributed by atoms with Crippen molar-refractivity contribution in [2.75, 3.05) is 9.80 Å². The van der Waals surface area contributed by atoms with E-state index in [0.717, 1.165) is 203 Å². The molecule has 11 aromatic rings. The van der Waals surface area contributed by atoms with Gasteiger partial charge in [-0.05, 0) is 157 Å². The maximum Gasteiger partial charge on any atom is 0.265 e. The minimum atomic E-state index is -0.568. The number of carbonyl (C=O) groups excluding carboxylic acids is 8. The van der Waals surface area contributed by atoms with Gasteiger partial charge in [0.2, 0.25) is 0 Å². The van der Waals surface area contributed by atoms with Crippen LogP contribution in [0.4, 0.5) is 11.4 Å². The molecule has 0 saturated heterocycles. The number of carbonyl (C=O) groups is 8. The minimum Gasteiger partial charge on any atom is -0.271 e. The summed E-state index contributed by atoms with van der Waals surface area (Å²) in [6.07, 6.45) is 20.0. The molecule has 0 unspecified atom stereocenters. The summed E-state index contributed by atoms with van der Waals surface area (Å²) < 4.78 is 0. The van der Waals surface area contributed by atoms with Crippen LogP contribution in [0.25, 0.3) is 86.2 Å². The molecular weight excluding hydrogens is 1140 g/mol. The van der Waals surface area contributed by atoms with Crippen molar-refractivity contribution in [3.63, 3.8) is 0 Å². The van der Waals surface area contributed by atoms with E-state index in [1.807, 2.05) is 72.8 Å². The number of rotatable bonds is 24. The maximum atomic E-state index is 15.1. The molecule has 0 aliphatic carbocycles. The molecule has 11 aromatic carbocycles. The van der Waals surface area contributed by atoms with Crippen LogP contribution in [-0.2, 0) is 0 Å². The van der Waals surface area contributed by atoms with Crippen LogP contribution >= 0.6 is 0 Å². The SMILES string of the molecule is CCCCCCC(CCCCCC)N1C(=O)c2ccc3c4ccc5c6c(ccc(c7ccc(c2c37)C1=O)c64)C(=O)N(c1cccc(N2C(=O)c3ccc4c6ccc7c8c(ccc(c9ccc(c3c49)C2=O)c86)C(=O)N(C(CCCCCC)CCCCCC)C7=O)c1)C5=O. The Morgan fingerprint density at radius 1 is 0.250 bits per heavy atom. The third-order valence-corrected chi connectivity index (χ3v) is 21.0. The summed E-state index contributed by atoms with van der Waals surface area (Å²) in [7, 11) is 0. The number of unbranched alkanes of at least 4 members (excludes halogenated alkanes) is 12. The van der Waals surface area contributed by atoms with E-state index < -0.39 is 23.6 Å². The lowest BCUT2D eigenvalue weighted by Gasteiger charge is -2.35. The Morgan fingerprint density at radius 3 is 0.685 bits per heavy atom. The first kappa shape index (κ1) is 58.9. The fraction of sp³-hybridized carbons (Fsp3) is 0.325. The second kappa shape index (κ2) is 23.4. The van der Waals surface area contributed by atoms with Gasteiger partial charge in [0.1, 0.15) is 0 Å². The van der Waals surface area contributed by atoms with Gasteiger partial charge < -0.3 is 0 Å². The predicted octanol–water partition coefficient (Wildman–Crippen LogP) is 19.2. The molecule has 462 valence electrons. The molecule has 8 amide bonds. The highest BCUT2D eigenvalue weighted by Gasteiger charge is 2.43. The van der Waals surface area contributed by atoms with Gasteiger partial charge in [-0.2, -0.15) is 0 Å². The molecule has 4 aliphatic heterocycles. The molecule has 0 atom stereocenters. The molecule has 0 aromatic heterocycles. The summed E-state index contributed by atoms with van der Waals surface area (Å²) >= 11 is 0. The van der Waals surface area contributed by atoms with Gasteiger partial charge >= 0.3 is 0 Å². The Balaban J connectivity index is 0.749. The number of nitrogens with zero attached hydrogens (tertiary/aromatic N) is 4. The summed E-state index contributed by atoms with van der Waals surface area (Å²) in [6.45, 7) is 8.72. The summed E-state index contributed by atoms with van der Waals surface area (Å²) in [6, 6.07) is 35.7. The number of anilines is 2. The predicted molar refractivity (Wildman–Crippen MR) is 368 cm³/mol. The van der Waals surface area contributed by atoms with Crippen molar-refractivity contribution in [3.05, 3.63) is 166 Å². The summed E-state index contributed by atoms with van der Waals surface area (Å²) in [5, 5.41) is 11.7. The molecule has 0 N–H and O–H groups in total. The second-order valence-corrected chi connectivity index (χ2v) is 26.4. The molecule has 12 nitrogen and oxygen atoms in total. The second-order valence-electron chi connectivity index (χ2n) is 26.4. The Kier molecular flexibility index (Phi) is 15.0. The molecule has 4 aliphatic rings. The van der Waals surface area contributed by atoms with Crippen molar-refractivity contribution in [1.82, 2.24) is 9.80 Å². The Labute approximate surface area is 534 Å². The zero-order valence-corrected chi connectivity index (χ0v) is 52.9. The van der Waals surface area contributed by atoms with Crippen molar-refractivity contribution >= 4 is 145 Å². The molecule has 0 bridgehead atoms. The van der Waals surface area contributed by atoms with Crippen LogP contribution in [0.1, 0.15) is 239 Å². The zero-order valence-electron chi connectivity index (χ0n) is 52.9. The van der Waals surface area contributed by atoms with Gasteiger partial charge in [0, 0.05) is 78.1 Å². The molecule has 0 saturated carbocycles. The lowest BCUT2D eigenvalue weighted by atomic mass is 9.81. The normalized spacial score (nSPS) is 15.0. The molecule has 15 rings (SSSR count). The Morgan fingerprint density at radius 2 is 0.467 bits per heavy atom. The first-order valence-corrected chi connectivity index (χ1v) is 34.0. The average molecular weight is 1220 g/mol. The highest BCUT2D eigenvalue weighted by Crippen LogP contribution is 2.50. The minimum absolute atomic E-state index is 0.177. The molecule has 0 radical (unpaired) electrons. The van der Waals surface area contributed by atoms with Gasteiger partial charge in [0.25, 0.3) is 47.3 Å². The molecule has 4 heterocycles. The van der Waals surface area contributed by atoms with Crippen LogP contribution in [-0.4, -0.2) is 69.1 Å². The molecule has 0 fully saturated rings. The highest BCUT2D eigenvalue weighted by atomic mass is 16.2. The molecule has 0 spiro atoms. The standard InChI is InChI=1S/C80H74N4O8/c1-5-9-13-17-22-45(23-18-14-10-6-2)81-73(85)57-36-28-49-53-32-40-61-71-62(41-33-54(67(53)71)50-29-37-58(74(81)86)69(57)65(49)50)78(90)83(77(61)89)47-26-21-27-48(44-47)84-79(91)63-42-34-55-51-30-38-59-70-60(39-31-52(66(51)70)56-35-43-64(80(84)92)72(63)68(55)56)76(88)82(75(59)87)46(24-19-15-11-7-3)25-20-16-12-8-4/h21,26-46H,5-20,22-25H2,1-4H3. The summed E-state index contributed by atoms with van der Waals surface area (Å²) in [5.41, 5.74) is 3.60. The first-order valence-electron chi connectivity index (χ1n) is 34.0. The van der Waals surface area contributed by atoms with Crippen molar-refractivity contribution in [1.29, 1.82) is 0 Å².